The fraction of sp³-hybridized carbons (Fsp3) is 0.308. The van der Waals surface area contributed by atoms with Crippen LogP contribution in [-0.4, -0.2) is 43.0 Å². The van der Waals surface area contributed by atoms with E-state index in [9.17, 15) is 14.4 Å². The maximum atomic E-state index is 12.2. The molecular formula is C13H17N3O4. The minimum absolute atomic E-state index is 0.104. The molecule has 108 valence electrons. The number of nitrogens with zero attached hydrogens (tertiary/aromatic N) is 1. The number of likely N-dealkylation sites (N-methyl/N-ethyl adjacent to an activating group) is 1. The third kappa shape index (κ3) is 4.27. The summed E-state index contributed by atoms with van der Waals surface area (Å²) < 4.78 is 4.54. The van der Waals surface area contributed by atoms with Crippen LogP contribution in [0, 0.1) is 0 Å². The second-order valence-electron chi connectivity index (χ2n) is 3.96. The molecule has 0 saturated heterocycles. The number of hydrogen-bond acceptors (Lipinski definition) is 4. The Balaban J connectivity index is 2.79. The maximum Gasteiger partial charge on any atom is 0.325 e. The van der Waals surface area contributed by atoms with Crippen LogP contribution in [0.4, 0.5) is 10.5 Å². The number of esters is 1. The second kappa shape index (κ2) is 7.13. The highest BCUT2D eigenvalue weighted by Gasteiger charge is 2.17. The van der Waals surface area contributed by atoms with Gasteiger partial charge in [-0.15, -0.1) is 0 Å². The lowest BCUT2D eigenvalue weighted by Crippen LogP contribution is -2.36. The Bertz CT molecular complexity index is 499. The average molecular weight is 279 g/mol. The van der Waals surface area contributed by atoms with Gasteiger partial charge in [-0.05, 0) is 31.2 Å². The fourth-order valence-corrected chi connectivity index (χ4v) is 1.57. The van der Waals surface area contributed by atoms with Gasteiger partial charge in [0, 0.05) is 17.8 Å². The van der Waals surface area contributed by atoms with Crippen molar-refractivity contribution >= 4 is 23.6 Å². The zero-order valence-corrected chi connectivity index (χ0v) is 11.4. The first-order chi connectivity index (χ1) is 9.47. The van der Waals surface area contributed by atoms with Crippen LogP contribution < -0.4 is 11.1 Å². The Morgan fingerprint density at radius 3 is 2.30 bits per heavy atom. The predicted molar refractivity (Wildman–Crippen MR) is 73.2 cm³/mol. The average Bonchev–Trinajstić information content (AvgIpc) is 2.44. The van der Waals surface area contributed by atoms with Crippen molar-refractivity contribution in [1.29, 1.82) is 0 Å². The van der Waals surface area contributed by atoms with Crippen molar-refractivity contribution in [2.45, 2.75) is 6.92 Å². The minimum Gasteiger partial charge on any atom is -0.468 e. The molecule has 0 aromatic heterocycles. The number of ether oxygens (including phenoxy) is 1. The summed E-state index contributed by atoms with van der Waals surface area (Å²) >= 11 is 0. The van der Waals surface area contributed by atoms with Gasteiger partial charge in [0.1, 0.15) is 6.54 Å². The molecule has 0 atom stereocenters. The normalized spacial score (nSPS) is 9.70. The van der Waals surface area contributed by atoms with Gasteiger partial charge >= 0.3 is 12.0 Å². The molecule has 1 aromatic carbocycles. The molecule has 0 saturated carbocycles. The standard InChI is InChI=1S/C13H17N3O4/c1-3-16(8-11(17)20-2)12(18)9-4-6-10(7-5-9)15-13(14)19/h4-7H,3,8H2,1-2H3,(H3,14,15,19). The van der Waals surface area contributed by atoms with Gasteiger partial charge in [-0.2, -0.15) is 0 Å². The molecule has 0 heterocycles. The molecular weight excluding hydrogens is 262 g/mol. The molecule has 1 rings (SSSR count). The first-order valence-electron chi connectivity index (χ1n) is 6.00. The van der Waals surface area contributed by atoms with Crippen LogP contribution in [0.5, 0.6) is 0 Å². The van der Waals surface area contributed by atoms with Crippen molar-refractivity contribution in [1.82, 2.24) is 4.90 Å². The first-order valence-corrected chi connectivity index (χ1v) is 6.00. The molecule has 3 amide bonds. The van der Waals surface area contributed by atoms with Crippen LogP contribution in [0.3, 0.4) is 0 Å². The van der Waals surface area contributed by atoms with Gasteiger partial charge < -0.3 is 20.7 Å². The van der Waals surface area contributed by atoms with E-state index in [1.54, 1.807) is 31.2 Å². The number of nitrogens with two attached hydrogens (primary N) is 1. The Morgan fingerprint density at radius 2 is 1.85 bits per heavy atom. The topological polar surface area (TPSA) is 102 Å². The van der Waals surface area contributed by atoms with Gasteiger partial charge in [0.2, 0.25) is 0 Å². The number of amides is 3. The van der Waals surface area contributed by atoms with Gasteiger partial charge in [0.15, 0.2) is 0 Å². The predicted octanol–water partition coefficient (Wildman–Crippen LogP) is 0.812. The van der Waals surface area contributed by atoms with E-state index < -0.39 is 12.0 Å². The largest absolute Gasteiger partial charge is 0.468 e. The smallest absolute Gasteiger partial charge is 0.325 e. The molecule has 7 nitrogen and oxygen atoms in total. The highest BCUT2D eigenvalue weighted by atomic mass is 16.5. The highest BCUT2D eigenvalue weighted by Crippen LogP contribution is 2.11. The molecule has 0 spiro atoms. The van der Waals surface area contributed by atoms with Gasteiger partial charge in [-0.3, -0.25) is 9.59 Å². The molecule has 1 aromatic rings. The number of hydrogen-bond donors (Lipinski definition) is 2. The van der Waals surface area contributed by atoms with E-state index in [-0.39, 0.29) is 12.5 Å². The van der Waals surface area contributed by atoms with E-state index in [0.717, 1.165) is 0 Å². The van der Waals surface area contributed by atoms with E-state index in [2.05, 4.69) is 10.1 Å². The van der Waals surface area contributed by atoms with Crippen LogP contribution in [0.15, 0.2) is 24.3 Å². The SMILES string of the molecule is CCN(CC(=O)OC)C(=O)c1ccc(NC(N)=O)cc1. The van der Waals surface area contributed by atoms with Gasteiger partial charge in [-0.1, -0.05) is 0 Å². The van der Waals surface area contributed by atoms with Crippen molar-refractivity contribution in [2.75, 3.05) is 25.5 Å². The maximum absolute atomic E-state index is 12.2. The van der Waals surface area contributed by atoms with Gasteiger partial charge in [0.05, 0.1) is 7.11 Å². The third-order valence-corrected chi connectivity index (χ3v) is 2.62. The molecule has 0 aliphatic rings. The molecule has 7 heteroatoms. The summed E-state index contributed by atoms with van der Waals surface area (Å²) in [6.45, 7) is 2.05. The molecule has 0 aliphatic carbocycles. The van der Waals surface area contributed by atoms with Crippen molar-refractivity contribution in [2.24, 2.45) is 5.73 Å². The van der Waals surface area contributed by atoms with Crippen LogP contribution in [-0.2, 0) is 9.53 Å². The first kappa shape index (κ1) is 15.5. The summed E-state index contributed by atoms with van der Waals surface area (Å²) in [7, 11) is 1.27. The molecule has 3 N–H and O–H groups in total. The number of methoxy groups -OCH3 is 1. The number of rotatable bonds is 5. The van der Waals surface area contributed by atoms with Crippen molar-refractivity contribution < 1.29 is 19.1 Å². The van der Waals surface area contributed by atoms with Gasteiger partial charge in [-0.25, -0.2) is 4.79 Å². The molecule has 0 fully saturated rings. The van der Waals surface area contributed by atoms with Crippen LogP contribution in [0.2, 0.25) is 0 Å². The zero-order chi connectivity index (χ0) is 15.1. The van der Waals surface area contributed by atoms with E-state index in [4.69, 9.17) is 5.73 Å². The summed E-state index contributed by atoms with van der Waals surface area (Å²) in [5.41, 5.74) is 5.88. The van der Waals surface area contributed by atoms with Crippen molar-refractivity contribution in [3.63, 3.8) is 0 Å². The Morgan fingerprint density at radius 1 is 1.25 bits per heavy atom. The Hall–Kier alpha value is -2.57. The molecule has 0 radical (unpaired) electrons. The van der Waals surface area contributed by atoms with Gasteiger partial charge in [0.25, 0.3) is 5.91 Å². The number of carbonyl (C=O) groups excluding carboxylic acids is 3. The van der Waals surface area contributed by atoms with E-state index in [1.165, 1.54) is 12.0 Å². The van der Waals surface area contributed by atoms with Crippen molar-refractivity contribution in [3.8, 4) is 0 Å². The fourth-order valence-electron chi connectivity index (χ4n) is 1.57. The number of primary amides is 1. The van der Waals surface area contributed by atoms with E-state index >= 15 is 0 Å². The van der Waals surface area contributed by atoms with E-state index in [1.807, 2.05) is 0 Å². The molecule has 0 unspecified atom stereocenters. The molecule has 0 bridgehead atoms. The lowest BCUT2D eigenvalue weighted by Gasteiger charge is -2.19. The minimum atomic E-state index is -0.676. The van der Waals surface area contributed by atoms with E-state index in [0.29, 0.717) is 17.8 Å². The summed E-state index contributed by atoms with van der Waals surface area (Å²) in [6.07, 6.45) is 0. The van der Waals surface area contributed by atoms with Crippen molar-refractivity contribution in [3.05, 3.63) is 29.8 Å². The van der Waals surface area contributed by atoms with Crippen LogP contribution in [0.1, 0.15) is 17.3 Å². The van der Waals surface area contributed by atoms with Crippen LogP contribution in [0.25, 0.3) is 0 Å². The number of nitrogens with one attached hydrogen (secondary N) is 1. The molecule has 20 heavy (non-hydrogen) atoms. The molecule has 0 aliphatic heterocycles. The lowest BCUT2D eigenvalue weighted by molar-refractivity contribution is -0.141. The Kier molecular flexibility index (Phi) is 5.52. The summed E-state index contributed by atoms with van der Waals surface area (Å²) in [5.74, 6) is -0.768. The lowest BCUT2D eigenvalue weighted by atomic mass is 10.2. The highest BCUT2D eigenvalue weighted by molar-refractivity contribution is 5.96. The second-order valence-corrected chi connectivity index (χ2v) is 3.96. The summed E-state index contributed by atoms with van der Waals surface area (Å²) in [5, 5.41) is 2.40. The van der Waals surface area contributed by atoms with Crippen LogP contribution >= 0.6 is 0 Å². The number of benzene rings is 1. The zero-order valence-electron chi connectivity index (χ0n) is 11.4. The third-order valence-electron chi connectivity index (χ3n) is 2.62. The number of anilines is 1. The summed E-state index contributed by atoms with van der Waals surface area (Å²) in [6, 6.07) is 5.54. The summed E-state index contributed by atoms with van der Waals surface area (Å²) in [4.78, 5) is 35.4. The Labute approximate surface area is 116 Å². The number of urea groups is 1. The quantitative estimate of drug-likeness (QED) is 0.779. The number of carbonyl (C=O) groups is 3. The monoisotopic (exact) mass is 279 g/mol.